The first-order chi connectivity index (χ1) is 27.1. The van der Waals surface area contributed by atoms with E-state index in [0.717, 1.165) is 16.9 Å². The number of ether oxygens (including phenoxy) is 2. The fourth-order valence-electron chi connectivity index (χ4n) is 5.27. The number of amides is 6. The zero-order chi connectivity index (χ0) is 43.1. The molecule has 4 aromatic carbocycles. The molecule has 4 aromatic rings. The summed E-state index contributed by atoms with van der Waals surface area (Å²) in [6, 6.07) is 26.0. The normalized spacial score (nSPS) is 11.2. The Morgan fingerprint density at radius 1 is 0.448 bits per heavy atom. The Bertz CT molecular complexity index is 2050. The molecule has 58 heavy (non-hydrogen) atoms. The van der Waals surface area contributed by atoms with Crippen molar-refractivity contribution >= 4 is 71.0 Å². The molecule has 0 unspecified atom stereocenters. The molecule has 0 spiro atoms. The number of hydrogen-bond acceptors (Lipinski definition) is 10. The lowest BCUT2D eigenvalue weighted by atomic mass is 10.1. The predicted molar refractivity (Wildman–Crippen MR) is 212 cm³/mol. The molecular formula is C42H40Cl2N4O10. The molecule has 16 heteroatoms. The Kier molecular flexibility index (Phi) is 14.0. The minimum atomic E-state index is -2.05. The Labute approximate surface area is 344 Å². The van der Waals surface area contributed by atoms with Crippen LogP contribution in [0.4, 0.5) is 9.59 Å². The molecule has 0 fully saturated rings. The van der Waals surface area contributed by atoms with E-state index < -0.39 is 64.7 Å². The molecule has 0 aliphatic rings. The van der Waals surface area contributed by atoms with Crippen LogP contribution in [0.3, 0.4) is 0 Å². The van der Waals surface area contributed by atoms with E-state index in [2.05, 4.69) is 0 Å². The van der Waals surface area contributed by atoms with Crippen LogP contribution in [0.5, 0.6) is 0 Å². The average molecular weight is 832 g/mol. The van der Waals surface area contributed by atoms with Crippen molar-refractivity contribution in [3.63, 3.8) is 0 Å². The molecule has 0 aliphatic heterocycles. The molecule has 4 rings (SSSR count). The lowest BCUT2D eigenvalue weighted by Gasteiger charge is -2.41. The monoisotopic (exact) mass is 830 g/mol. The SMILES string of the molecule is CC(C(=O)OC(=O)N(C(=O)c1ccc(Cl)cc1)N(C(=O)c1ccccc1)C(C)(C)C)C(=O)OC(=O)N(C(=O)c1ccc(Cl)cc1)N(C(=O)c1ccccc1)C(C)(C)C. The van der Waals surface area contributed by atoms with Gasteiger partial charge in [0.2, 0.25) is 0 Å². The van der Waals surface area contributed by atoms with Gasteiger partial charge in [-0.15, -0.1) is 10.0 Å². The van der Waals surface area contributed by atoms with Gasteiger partial charge in [0.25, 0.3) is 23.6 Å². The fourth-order valence-corrected chi connectivity index (χ4v) is 5.52. The maximum atomic E-state index is 14.0. The molecule has 0 aliphatic carbocycles. The summed E-state index contributed by atoms with van der Waals surface area (Å²) in [7, 11) is 0. The molecule has 0 bridgehead atoms. The molecule has 0 atom stereocenters. The van der Waals surface area contributed by atoms with Crippen molar-refractivity contribution in [3.05, 3.63) is 141 Å². The number of nitrogens with zero attached hydrogens (tertiary/aromatic N) is 4. The molecule has 0 saturated carbocycles. The van der Waals surface area contributed by atoms with Gasteiger partial charge in [-0.05, 0) is 121 Å². The van der Waals surface area contributed by atoms with Crippen LogP contribution in [0.2, 0.25) is 10.0 Å². The molecule has 0 saturated heterocycles. The van der Waals surface area contributed by atoms with E-state index in [4.69, 9.17) is 32.7 Å². The number of hydrazine groups is 2. The van der Waals surface area contributed by atoms with E-state index >= 15 is 0 Å². The number of imide groups is 2. The van der Waals surface area contributed by atoms with Crippen LogP contribution in [0.15, 0.2) is 109 Å². The third kappa shape index (κ3) is 10.5. The van der Waals surface area contributed by atoms with E-state index in [9.17, 15) is 38.4 Å². The van der Waals surface area contributed by atoms with Crippen LogP contribution in [0.1, 0.15) is 89.9 Å². The quantitative estimate of drug-likeness (QED) is 0.105. The number of carbonyl (C=O) groups excluding carboxylic acids is 8. The van der Waals surface area contributed by atoms with Gasteiger partial charge in [-0.25, -0.2) is 19.6 Å². The summed E-state index contributed by atoms with van der Waals surface area (Å²) in [6.07, 6.45) is -3.36. The molecule has 0 radical (unpaired) electrons. The van der Waals surface area contributed by atoms with Crippen LogP contribution in [-0.2, 0) is 19.1 Å². The van der Waals surface area contributed by atoms with Gasteiger partial charge >= 0.3 is 24.1 Å². The van der Waals surface area contributed by atoms with Crippen LogP contribution >= 0.6 is 23.2 Å². The zero-order valence-corrected chi connectivity index (χ0v) is 34.1. The lowest BCUT2D eigenvalue weighted by molar-refractivity contribution is -0.156. The summed E-state index contributed by atoms with van der Waals surface area (Å²) >= 11 is 12.0. The van der Waals surface area contributed by atoms with Gasteiger partial charge < -0.3 is 9.47 Å². The van der Waals surface area contributed by atoms with Crippen molar-refractivity contribution in [1.29, 1.82) is 0 Å². The first kappa shape index (κ1) is 44.3. The Morgan fingerprint density at radius 2 is 0.724 bits per heavy atom. The van der Waals surface area contributed by atoms with Crippen molar-refractivity contribution in [3.8, 4) is 0 Å². The molecule has 302 valence electrons. The second-order valence-electron chi connectivity index (χ2n) is 14.7. The van der Waals surface area contributed by atoms with E-state index in [1.54, 1.807) is 36.4 Å². The minimum Gasteiger partial charge on any atom is -0.374 e. The summed E-state index contributed by atoms with van der Waals surface area (Å²) in [6.45, 7) is 10.1. The summed E-state index contributed by atoms with van der Waals surface area (Å²) in [4.78, 5) is 111. The highest BCUT2D eigenvalue weighted by Gasteiger charge is 2.45. The van der Waals surface area contributed by atoms with Crippen molar-refractivity contribution in [2.24, 2.45) is 5.92 Å². The molecule has 0 aromatic heterocycles. The molecule has 14 nitrogen and oxygen atoms in total. The number of carbonyl (C=O) groups is 8. The second kappa shape index (κ2) is 18.3. The number of benzene rings is 4. The highest BCUT2D eigenvalue weighted by molar-refractivity contribution is 6.31. The predicted octanol–water partition coefficient (Wildman–Crippen LogP) is 8.25. The van der Waals surface area contributed by atoms with Gasteiger partial charge in [0, 0.05) is 32.3 Å². The van der Waals surface area contributed by atoms with Gasteiger partial charge in [-0.3, -0.25) is 28.8 Å². The summed E-state index contributed by atoms with van der Waals surface area (Å²) in [5.74, 6) is -9.08. The summed E-state index contributed by atoms with van der Waals surface area (Å²) < 4.78 is 10.1. The largest absolute Gasteiger partial charge is 0.444 e. The van der Waals surface area contributed by atoms with Gasteiger partial charge in [0.1, 0.15) is 0 Å². The molecular weight excluding hydrogens is 791 g/mol. The van der Waals surface area contributed by atoms with Gasteiger partial charge in [-0.1, -0.05) is 59.6 Å². The minimum absolute atomic E-state index is 0.0775. The third-order valence-electron chi connectivity index (χ3n) is 8.09. The Hall–Kier alpha value is -6.38. The average Bonchev–Trinajstić information content (AvgIpc) is 3.17. The number of halogens is 2. The second-order valence-corrected chi connectivity index (χ2v) is 15.5. The van der Waals surface area contributed by atoms with Gasteiger partial charge in [0.15, 0.2) is 5.92 Å². The van der Waals surface area contributed by atoms with E-state index in [0.29, 0.717) is 10.0 Å². The number of rotatable bonds is 6. The smallest absolute Gasteiger partial charge is 0.374 e. The fraction of sp³-hybridized carbons (Fsp3) is 0.238. The summed E-state index contributed by atoms with van der Waals surface area (Å²) in [5, 5.41) is 2.77. The highest BCUT2D eigenvalue weighted by Crippen LogP contribution is 2.27. The highest BCUT2D eigenvalue weighted by atomic mass is 35.5. The van der Waals surface area contributed by atoms with E-state index in [1.165, 1.54) is 114 Å². The van der Waals surface area contributed by atoms with Crippen LogP contribution in [-0.4, -0.2) is 78.9 Å². The van der Waals surface area contributed by atoms with Gasteiger partial charge in [0.05, 0.1) is 11.1 Å². The number of esters is 2. The Morgan fingerprint density at radius 3 is 1.00 bits per heavy atom. The maximum Gasteiger partial charge on any atom is 0.444 e. The lowest BCUT2D eigenvalue weighted by Crippen LogP contribution is -2.61. The molecule has 0 N–H and O–H groups in total. The van der Waals surface area contributed by atoms with E-state index in [1.807, 2.05) is 0 Å². The van der Waals surface area contributed by atoms with Crippen molar-refractivity contribution < 1.29 is 47.8 Å². The van der Waals surface area contributed by atoms with Gasteiger partial charge in [-0.2, -0.15) is 0 Å². The zero-order valence-electron chi connectivity index (χ0n) is 32.6. The summed E-state index contributed by atoms with van der Waals surface area (Å²) in [5.41, 5.74) is -2.70. The van der Waals surface area contributed by atoms with Crippen molar-refractivity contribution in [1.82, 2.24) is 20.0 Å². The Balaban J connectivity index is 1.67. The third-order valence-corrected chi connectivity index (χ3v) is 8.60. The van der Waals surface area contributed by atoms with Crippen LogP contribution in [0, 0.1) is 5.92 Å². The van der Waals surface area contributed by atoms with Crippen LogP contribution in [0.25, 0.3) is 0 Å². The molecule has 0 heterocycles. The first-order valence-electron chi connectivity index (χ1n) is 17.6. The van der Waals surface area contributed by atoms with Crippen molar-refractivity contribution in [2.75, 3.05) is 0 Å². The number of hydrogen-bond donors (Lipinski definition) is 0. The molecule has 6 amide bonds. The standard InChI is InChI=1S/C42H40Cl2N4O10/c1-26(37(53)57-39(55)45(33(49)29-18-22-31(43)23-19-29)47(41(2,3)4)35(51)27-14-10-8-11-15-27)38(54)58-40(56)46(34(50)30-20-24-32(44)25-21-30)48(42(5,6)7)36(52)28-16-12-9-13-17-28/h8-26H,1-7H3. The van der Waals surface area contributed by atoms with Crippen molar-refractivity contribution in [2.45, 2.75) is 59.5 Å². The van der Waals surface area contributed by atoms with Crippen LogP contribution < -0.4 is 0 Å². The topological polar surface area (TPSA) is 168 Å². The van der Waals surface area contributed by atoms with E-state index in [-0.39, 0.29) is 32.3 Å². The maximum absolute atomic E-state index is 14.0. The first-order valence-corrected chi connectivity index (χ1v) is 18.4.